The first kappa shape index (κ1) is 7.79. The highest BCUT2D eigenvalue weighted by molar-refractivity contribution is 5.77. The van der Waals surface area contributed by atoms with Crippen molar-refractivity contribution in [3.05, 3.63) is 35.8 Å². The smallest absolute Gasteiger partial charge is 0.0568 e. The van der Waals surface area contributed by atoms with Gasteiger partial charge in [0.25, 0.3) is 0 Å². The summed E-state index contributed by atoms with van der Waals surface area (Å²) < 4.78 is 0. The van der Waals surface area contributed by atoms with Crippen molar-refractivity contribution >= 4 is 6.21 Å². The van der Waals surface area contributed by atoms with Gasteiger partial charge in [0.05, 0.1) is 11.9 Å². The minimum Gasteiger partial charge on any atom is -0.358 e. The maximum Gasteiger partial charge on any atom is 0.0568 e. The van der Waals surface area contributed by atoms with Crippen LogP contribution < -0.4 is 0 Å². The van der Waals surface area contributed by atoms with E-state index < -0.39 is 0 Å². The molecular formula is C9H12N2. The van der Waals surface area contributed by atoms with E-state index in [1.807, 2.05) is 32.1 Å². The number of hydrogen-bond donors (Lipinski definition) is 1. The van der Waals surface area contributed by atoms with E-state index in [0.29, 0.717) is 0 Å². The van der Waals surface area contributed by atoms with E-state index in [9.17, 15) is 0 Å². The molecule has 0 aromatic carbocycles. The Bertz CT molecular complexity index is 269. The zero-order valence-corrected chi connectivity index (χ0v) is 6.83. The number of hydrogen-bond acceptors (Lipinski definition) is 1. The van der Waals surface area contributed by atoms with Crippen LogP contribution in [-0.2, 0) is 0 Å². The number of rotatable bonds is 2. The second-order valence-corrected chi connectivity index (χ2v) is 2.36. The number of aromatic nitrogens is 1. The highest BCUT2D eigenvalue weighted by atomic mass is 14.8. The van der Waals surface area contributed by atoms with Crippen LogP contribution in [0.4, 0.5) is 0 Å². The lowest BCUT2D eigenvalue weighted by Gasteiger charge is -1.82. The molecule has 0 aliphatic heterocycles. The zero-order valence-electron chi connectivity index (χ0n) is 6.83. The molecule has 11 heavy (non-hydrogen) atoms. The van der Waals surface area contributed by atoms with Crippen LogP contribution in [0.1, 0.15) is 18.3 Å². The van der Waals surface area contributed by atoms with Gasteiger partial charge in [0.2, 0.25) is 0 Å². The number of aryl methyl sites for hydroxylation is 1. The third-order valence-corrected chi connectivity index (χ3v) is 1.30. The summed E-state index contributed by atoms with van der Waals surface area (Å²) in [6.07, 6.45) is 5.45. The highest BCUT2D eigenvalue weighted by Gasteiger charge is 1.87. The Kier molecular flexibility index (Phi) is 2.66. The summed E-state index contributed by atoms with van der Waals surface area (Å²) in [6.45, 7) is 3.96. The second-order valence-electron chi connectivity index (χ2n) is 2.36. The van der Waals surface area contributed by atoms with Crippen LogP contribution in [-0.4, -0.2) is 11.2 Å². The van der Waals surface area contributed by atoms with Gasteiger partial charge in [-0.15, -0.1) is 0 Å². The van der Waals surface area contributed by atoms with Gasteiger partial charge in [0.1, 0.15) is 0 Å². The number of H-pyrrole nitrogens is 1. The van der Waals surface area contributed by atoms with E-state index in [1.165, 1.54) is 0 Å². The van der Waals surface area contributed by atoms with Crippen LogP contribution in [0.2, 0.25) is 0 Å². The maximum atomic E-state index is 4.04. The molecule has 0 atom stereocenters. The number of allylic oxidation sites excluding steroid dienone is 1. The second kappa shape index (κ2) is 3.76. The molecule has 0 aliphatic carbocycles. The van der Waals surface area contributed by atoms with Crippen molar-refractivity contribution in [3.8, 4) is 0 Å². The summed E-state index contributed by atoms with van der Waals surface area (Å²) in [7, 11) is 0. The topological polar surface area (TPSA) is 28.1 Å². The number of nitrogens with zero attached hydrogens (tertiary/aromatic N) is 1. The van der Waals surface area contributed by atoms with E-state index in [0.717, 1.165) is 11.4 Å². The van der Waals surface area contributed by atoms with Crippen molar-refractivity contribution in [3.63, 3.8) is 0 Å². The lowest BCUT2D eigenvalue weighted by molar-refractivity contribution is 1.25. The molecule has 1 aromatic rings. The van der Waals surface area contributed by atoms with Crippen LogP contribution in [0.5, 0.6) is 0 Å². The van der Waals surface area contributed by atoms with Gasteiger partial charge >= 0.3 is 0 Å². The monoisotopic (exact) mass is 148 g/mol. The van der Waals surface area contributed by atoms with Crippen LogP contribution in [0.25, 0.3) is 0 Å². The number of nitrogens with one attached hydrogen (secondary N) is 1. The van der Waals surface area contributed by atoms with Crippen molar-refractivity contribution < 1.29 is 0 Å². The van der Waals surface area contributed by atoms with Crippen molar-refractivity contribution in [1.29, 1.82) is 0 Å². The Labute approximate surface area is 66.7 Å². The van der Waals surface area contributed by atoms with E-state index in [-0.39, 0.29) is 0 Å². The lowest BCUT2D eigenvalue weighted by Crippen LogP contribution is -1.78. The van der Waals surface area contributed by atoms with E-state index in [1.54, 1.807) is 12.4 Å². The van der Waals surface area contributed by atoms with Crippen molar-refractivity contribution in [2.24, 2.45) is 4.99 Å². The molecule has 0 bridgehead atoms. The molecule has 0 fully saturated rings. The summed E-state index contributed by atoms with van der Waals surface area (Å²) in [4.78, 5) is 7.19. The van der Waals surface area contributed by atoms with E-state index in [4.69, 9.17) is 0 Å². The molecular weight excluding hydrogens is 136 g/mol. The largest absolute Gasteiger partial charge is 0.358 e. The van der Waals surface area contributed by atoms with Gasteiger partial charge in [-0.3, -0.25) is 4.99 Å². The minimum absolute atomic E-state index is 1.04. The molecule has 0 amide bonds. The Hall–Kier alpha value is -1.31. The van der Waals surface area contributed by atoms with Crippen LogP contribution >= 0.6 is 0 Å². The first-order valence-corrected chi connectivity index (χ1v) is 3.63. The third kappa shape index (κ3) is 2.42. The Balaban J connectivity index is 2.64. The summed E-state index contributed by atoms with van der Waals surface area (Å²) in [5, 5.41) is 0. The number of aliphatic imine (C=N–C) groups is 1. The van der Waals surface area contributed by atoms with E-state index >= 15 is 0 Å². The van der Waals surface area contributed by atoms with Gasteiger partial charge in [-0.25, -0.2) is 0 Å². The summed E-state index contributed by atoms with van der Waals surface area (Å²) in [5.41, 5.74) is 2.20. The molecule has 2 nitrogen and oxygen atoms in total. The van der Waals surface area contributed by atoms with Crippen LogP contribution in [0.15, 0.2) is 29.4 Å². The molecule has 1 rings (SSSR count). The Morgan fingerprint density at radius 3 is 2.82 bits per heavy atom. The predicted molar refractivity (Wildman–Crippen MR) is 47.9 cm³/mol. The Morgan fingerprint density at radius 2 is 2.27 bits per heavy atom. The Morgan fingerprint density at radius 1 is 1.45 bits per heavy atom. The standard InChI is InChI=1S/C9H12N2/c1-3-6-10-7-9-5-4-8(2)11-9/h3-7,11H,1-2H3/b6-3-,10-7-. The summed E-state index contributed by atoms with van der Waals surface area (Å²) in [5.74, 6) is 0. The molecule has 0 saturated heterocycles. The average Bonchev–Trinajstić information content (AvgIpc) is 2.37. The molecule has 2 heteroatoms. The summed E-state index contributed by atoms with van der Waals surface area (Å²) in [6, 6.07) is 4.03. The normalized spacial score (nSPS) is 11.8. The van der Waals surface area contributed by atoms with Gasteiger partial charge in [-0.2, -0.15) is 0 Å². The van der Waals surface area contributed by atoms with Gasteiger partial charge in [-0.1, -0.05) is 6.08 Å². The molecule has 0 aliphatic rings. The fraction of sp³-hybridized carbons (Fsp3) is 0.222. The fourth-order valence-electron chi connectivity index (χ4n) is 0.810. The highest BCUT2D eigenvalue weighted by Crippen LogP contribution is 1.96. The first-order chi connectivity index (χ1) is 5.33. The molecule has 0 radical (unpaired) electrons. The molecule has 0 spiro atoms. The van der Waals surface area contributed by atoms with Crippen LogP contribution in [0.3, 0.4) is 0 Å². The zero-order chi connectivity index (χ0) is 8.10. The van der Waals surface area contributed by atoms with Gasteiger partial charge < -0.3 is 4.98 Å². The van der Waals surface area contributed by atoms with Crippen molar-refractivity contribution in [2.45, 2.75) is 13.8 Å². The molecule has 1 heterocycles. The number of aromatic amines is 1. The molecule has 0 saturated carbocycles. The molecule has 1 N–H and O–H groups in total. The van der Waals surface area contributed by atoms with Crippen LogP contribution in [0, 0.1) is 6.92 Å². The molecule has 1 aromatic heterocycles. The van der Waals surface area contributed by atoms with Crippen molar-refractivity contribution in [2.75, 3.05) is 0 Å². The quantitative estimate of drug-likeness (QED) is 0.623. The lowest BCUT2D eigenvalue weighted by atomic mass is 10.4. The van der Waals surface area contributed by atoms with Gasteiger partial charge in [0.15, 0.2) is 0 Å². The SMILES string of the molecule is C/C=C\N=C/c1ccc(C)[nH]1. The first-order valence-electron chi connectivity index (χ1n) is 3.63. The molecule has 0 unspecified atom stereocenters. The minimum atomic E-state index is 1.04. The van der Waals surface area contributed by atoms with Gasteiger partial charge in [0, 0.05) is 11.9 Å². The third-order valence-electron chi connectivity index (χ3n) is 1.30. The van der Waals surface area contributed by atoms with E-state index in [2.05, 4.69) is 9.98 Å². The average molecular weight is 148 g/mol. The fourth-order valence-corrected chi connectivity index (χ4v) is 0.810. The summed E-state index contributed by atoms with van der Waals surface area (Å²) >= 11 is 0. The maximum absolute atomic E-state index is 4.04. The van der Waals surface area contributed by atoms with Crippen molar-refractivity contribution in [1.82, 2.24) is 4.98 Å². The van der Waals surface area contributed by atoms with Gasteiger partial charge in [-0.05, 0) is 26.0 Å². The molecule has 58 valence electrons. The predicted octanol–water partition coefficient (Wildman–Crippen LogP) is 2.28.